The minimum atomic E-state index is -3.40. The molecule has 0 spiro atoms. The van der Waals surface area contributed by atoms with Crippen LogP contribution in [0.25, 0.3) is 0 Å². The van der Waals surface area contributed by atoms with E-state index in [2.05, 4.69) is 12.2 Å². The molecular formula is C14H22N2O3S. The molecule has 0 aromatic heterocycles. The van der Waals surface area contributed by atoms with Gasteiger partial charge >= 0.3 is 0 Å². The first-order valence-electron chi connectivity index (χ1n) is 7.06. The first-order chi connectivity index (χ1) is 9.64. The fourth-order valence-electron chi connectivity index (χ4n) is 2.13. The maximum atomic E-state index is 12.5. The van der Waals surface area contributed by atoms with Gasteiger partial charge in [0.15, 0.2) is 0 Å². The molecule has 5 nitrogen and oxygen atoms in total. The standard InChI is InChI=1S/C14H22N2O3S/c1-2-8-15-13-4-6-14(7-5-13)20(17,18)16-9-3-11-19-12-10-16/h4-7,15H,2-3,8-12H2,1H3. The fourth-order valence-corrected chi connectivity index (χ4v) is 3.59. The Balaban J connectivity index is 2.12. The average molecular weight is 298 g/mol. The largest absolute Gasteiger partial charge is 0.385 e. The van der Waals surface area contributed by atoms with E-state index < -0.39 is 10.0 Å². The highest BCUT2D eigenvalue weighted by atomic mass is 32.2. The molecule has 0 aliphatic carbocycles. The molecule has 20 heavy (non-hydrogen) atoms. The van der Waals surface area contributed by atoms with Crippen molar-refractivity contribution in [2.45, 2.75) is 24.7 Å². The van der Waals surface area contributed by atoms with E-state index in [-0.39, 0.29) is 0 Å². The number of hydrogen-bond donors (Lipinski definition) is 1. The van der Waals surface area contributed by atoms with Crippen molar-refractivity contribution < 1.29 is 13.2 Å². The Bertz CT molecular complexity index is 506. The van der Waals surface area contributed by atoms with E-state index in [1.807, 2.05) is 12.1 Å². The number of sulfonamides is 1. The van der Waals surface area contributed by atoms with E-state index in [0.29, 0.717) is 31.2 Å². The summed E-state index contributed by atoms with van der Waals surface area (Å²) in [7, 11) is -3.40. The van der Waals surface area contributed by atoms with Crippen LogP contribution in [0.2, 0.25) is 0 Å². The van der Waals surface area contributed by atoms with Gasteiger partial charge in [-0.05, 0) is 37.1 Å². The lowest BCUT2D eigenvalue weighted by atomic mass is 10.3. The molecule has 0 radical (unpaired) electrons. The van der Waals surface area contributed by atoms with Crippen LogP contribution in [0, 0.1) is 0 Å². The van der Waals surface area contributed by atoms with Gasteiger partial charge in [0.1, 0.15) is 0 Å². The number of nitrogens with zero attached hydrogens (tertiary/aromatic N) is 1. The van der Waals surface area contributed by atoms with Crippen molar-refractivity contribution in [3.05, 3.63) is 24.3 Å². The summed E-state index contributed by atoms with van der Waals surface area (Å²) in [5.41, 5.74) is 0.949. The normalized spacial score (nSPS) is 17.6. The molecule has 1 saturated heterocycles. The number of rotatable bonds is 5. The molecule has 6 heteroatoms. The topological polar surface area (TPSA) is 58.6 Å². The molecule has 1 aromatic carbocycles. The van der Waals surface area contributed by atoms with Gasteiger partial charge in [0, 0.05) is 31.9 Å². The minimum absolute atomic E-state index is 0.349. The van der Waals surface area contributed by atoms with Crippen molar-refractivity contribution >= 4 is 15.7 Å². The fraction of sp³-hybridized carbons (Fsp3) is 0.571. The first kappa shape index (κ1) is 15.3. The van der Waals surface area contributed by atoms with Gasteiger partial charge in [0.2, 0.25) is 10.0 Å². The summed E-state index contributed by atoms with van der Waals surface area (Å²) in [5, 5.41) is 3.23. The van der Waals surface area contributed by atoms with Gasteiger partial charge in [-0.2, -0.15) is 4.31 Å². The third-order valence-corrected chi connectivity index (χ3v) is 5.17. The van der Waals surface area contributed by atoms with Crippen molar-refractivity contribution in [2.75, 3.05) is 38.2 Å². The van der Waals surface area contributed by atoms with Crippen LogP contribution in [0.5, 0.6) is 0 Å². The van der Waals surface area contributed by atoms with Crippen molar-refractivity contribution in [1.82, 2.24) is 4.31 Å². The van der Waals surface area contributed by atoms with Gasteiger partial charge in [-0.1, -0.05) is 6.92 Å². The Kier molecular flexibility index (Phi) is 5.39. The molecule has 1 N–H and O–H groups in total. The van der Waals surface area contributed by atoms with Crippen molar-refractivity contribution in [3.8, 4) is 0 Å². The predicted octanol–water partition coefficient (Wildman–Crippen LogP) is 1.92. The Hall–Kier alpha value is -1.11. The molecule has 2 rings (SSSR count). The Morgan fingerprint density at radius 1 is 1.20 bits per heavy atom. The molecule has 0 saturated carbocycles. The second-order valence-corrected chi connectivity index (χ2v) is 6.76. The van der Waals surface area contributed by atoms with Crippen LogP contribution in [0.4, 0.5) is 5.69 Å². The molecule has 1 fully saturated rings. The molecule has 0 atom stereocenters. The lowest BCUT2D eigenvalue weighted by Gasteiger charge is -2.19. The van der Waals surface area contributed by atoms with Crippen LogP contribution in [0.3, 0.4) is 0 Å². The summed E-state index contributed by atoms with van der Waals surface area (Å²) < 4.78 is 31.8. The monoisotopic (exact) mass is 298 g/mol. The maximum Gasteiger partial charge on any atom is 0.243 e. The van der Waals surface area contributed by atoms with Gasteiger partial charge in [0.05, 0.1) is 11.5 Å². The summed E-state index contributed by atoms with van der Waals surface area (Å²) in [5.74, 6) is 0. The number of ether oxygens (including phenoxy) is 1. The molecule has 112 valence electrons. The van der Waals surface area contributed by atoms with Gasteiger partial charge in [-0.3, -0.25) is 0 Å². The molecule has 1 heterocycles. The third-order valence-electron chi connectivity index (χ3n) is 3.25. The van der Waals surface area contributed by atoms with Crippen molar-refractivity contribution in [1.29, 1.82) is 0 Å². The third kappa shape index (κ3) is 3.71. The molecule has 0 bridgehead atoms. The summed E-state index contributed by atoms with van der Waals surface area (Å²) in [6.07, 6.45) is 1.78. The zero-order chi connectivity index (χ0) is 14.4. The summed E-state index contributed by atoms with van der Waals surface area (Å²) in [4.78, 5) is 0.349. The molecule has 1 aliphatic rings. The quantitative estimate of drug-likeness (QED) is 0.902. The van der Waals surface area contributed by atoms with Gasteiger partial charge in [-0.15, -0.1) is 0 Å². The van der Waals surface area contributed by atoms with Crippen LogP contribution < -0.4 is 5.32 Å². The van der Waals surface area contributed by atoms with Gasteiger partial charge in [-0.25, -0.2) is 8.42 Å². The predicted molar refractivity (Wildman–Crippen MR) is 79.4 cm³/mol. The molecule has 1 aromatic rings. The average Bonchev–Trinajstić information content (AvgIpc) is 2.75. The Morgan fingerprint density at radius 3 is 2.65 bits per heavy atom. The zero-order valence-corrected chi connectivity index (χ0v) is 12.7. The number of benzene rings is 1. The van der Waals surface area contributed by atoms with E-state index in [0.717, 1.165) is 25.1 Å². The number of nitrogens with one attached hydrogen (secondary N) is 1. The first-order valence-corrected chi connectivity index (χ1v) is 8.50. The van der Waals surface area contributed by atoms with Crippen LogP contribution in [-0.4, -0.2) is 45.6 Å². The molecule has 0 amide bonds. The van der Waals surface area contributed by atoms with Crippen molar-refractivity contribution in [3.63, 3.8) is 0 Å². The highest BCUT2D eigenvalue weighted by molar-refractivity contribution is 7.89. The lowest BCUT2D eigenvalue weighted by molar-refractivity contribution is 0.148. The van der Waals surface area contributed by atoms with Crippen LogP contribution in [0.1, 0.15) is 19.8 Å². The Morgan fingerprint density at radius 2 is 1.95 bits per heavy atom. The summed E-state index contributed by atoms with van der Waals surface area (Å²) in [6.45, 7) is 5.03. The van der Waals surface area contributed by atoms with Crippen LogP contribution in [-0.2, 0) is 14.8 Å². The second kappa shape index (κ2) is 7.06. The van der Waals surface area contributed by atoms with E-state index in [1.54, 1.807) is 12.1 Å². The molecule has 0 unspecified atom stereocenters. The maximum absolute atomic E-state index is 12.5. The van der Waals surface area contributed by atoms with E-state index >= 15 is 0 Å². The van der Waals surface area contributed by atoms with Crippen LogP contribution >= 0.6 is 0 Å². The number of hydrogen-bond acceptors (Lipinski definition) is 4. The van der Waals surface area contributed by atoms with Gasteiger partial charge in [0.25, 0.3) is 0 Å². The van der Waals surface area contributed by atoms with Crippen molar-refractivity contribution in [2.24, 2.45) is 0 Å². The number of anilines is 1. The Labute approximate surface area is 121 Å². The minimum Gasteiger partial charge on any atom is -0.385 e. The van der Waals surface area contributed by atoms with E-state index in [4.69, 9.17) is 4.74 Å². The highest BCUT2D eigenvalue weighted by Gasteiger charge is 2.25. The summed E-state index contributed by atoms with van der Waals surface area (Å²) >= 11 is 0. The lowest BCUT2D eigenvalue weighted by Crippen LogP contribution is -2.33. The van der Waals surface area contributed by atoms with E-state index in [9.17, 15) is 8.42 Å². The second-order valence-electron chi connectivity index (χ2n) is 4.82. The van der Waals surface area contributed by atoms with Gasteiger partial charge < -0.3 is 10.1 Å². The molecular weight excluding hydrogens is 276 g/mol. The summed E-state index contributed by atoms with van der Waals surface area (Å²) in [6, 6.07) is 6.96. The van der Waals surface area contributed by atoms with E-state index in [1.165, 1.54) is 4.31 Å². The van der Waals surface area contributed by atoms with Crippen LogP contribution in [0.15, 0.2) is 29.2 Å². The zero-order valence-electron chi connectivity index (χ0n) is 11.8. The smallest absolute Gasteiger partial charge is 0.243 e. The SMILES string of the molecule is CCCNc1ccc(S(=O)(=O)N2CCCOCC2)cc1. The highest BCUT2D eigenvalue weighted by Crippen LogP contribution is 2.19. The molecule has 1 aliphatic heterocycles.